The summed E-state index contributed by atoms with van der Waals surface area (Å²) in [6.45, 7) is 0.237. The summed E-state index contributed by atoms with van der Waals surface area (Å²) in [6.07, 6.45) is 5.16. The Morgan fingerprint density at radius 2 is 1.73 bits per heavy atom. The smallest absolute Gasteiger partial charge is 0.243 e. The molecule has 2 rings (SSSR count). The molecule has 2 aromatic rings. The van der Waals surface area contributed by atoms with Gasteiger partial charge >= 0.3 is 0 Å². The van der Waals surface area contributed by atoms with Gasteiger partial charge in [0, 0.05) is 26.0 Å². The third-order valence-corrected chi connectivity index (χ3v) is 5.09. The second-order valence-corrected chi connectivity index (χ2v) is 7.80. The van der Waals surface area contributed by atoms with Crippen molar-refractivity contribution in [3.63, 3.8) is 0 Å². The topological polar surface area (TPSA) is 79.8 Å². The minimum absolute atomic E-state index is 0.252. The normalized spacial score (nSPS) is 11.0. The molecule has 0 saturated carbocycles. The van der Waals surface area contributed by atoms with Crippen LogP contribution >= 0.6 is 0 Å². The molecule has 0 aliphatic carbocycles. The van der Waals surface area contributed by atoms with Crippen LogP contribution in [0.4, 0.5) is 5.69 Å². The zero-order chi connectivity index (χ0) is 19.2. The summed E-state index contributed by atoms with van der Waals surface area (Å²) in [7, 11) is -0.399. The van der Waals surface area contributed by atoms with Crippen LogP contribution in [0.3, 0.4) is 0 Å². The molecule has 0 atom stereocenters. The van der Waals surface area contributed by atoms with Crippen LogP contribution in [0.15, 0.2) is 48.8 Å². The molecule has 0 fully saturated rings. The number of anilines is 1. The van der Waals surface area contributed by atoms with Crippen molar-refractivity contribution in [3.05, 3.63) is 54.4 Å². The average Bonchev–Trinajstić information content (AvgIpc) is 2.64. The van der Waals surface area contributed by atoms with Crippen LogP contribution in [0.2, 0.25) is 0 Å². The monoisotopic (exact) mass is 377 g/mol. The number of likely N-dealkylation sites (N-methyl/N-ethyl adjacent to an activating group) is 1. The fourth-order valence-corrected chi connectivity index (χ4v) is 3.21. The van der Waals surface area contributed by atoms with Gasteiger partial charge in [0.15, 0.2) is 0 Å². The van der Waals surface area contributed by atoms with Crippen molar-refractivity contribution in [3.8, 4) is 5.75 Å². The molecule has 0 spiro atoms. The summed E-state index contributed by atoms with van der Waals surface area (Å²) in [4.78, 5) is 18.0. The Hall–Kier alpha value is -2.61. The summed E-state index contributed by atoms with van der Waals surface area (Å²) in [5, 5.41) is 0. The number of carbonyl (C=O) groups is 1. The van der Waals surface area contributed by atoms with E-state index in [0.29, 0.717) is 24.4 Å². The number of rotatable bonds is 8. The van der Waals surface area contributed by atoms with E-state index in [9.17, 15) is 13.2 Å². The lowest BCUT2D eigenvalue weighted by Gasteiger charge is -2.25. The minimum atomic E-state index is -3.60. The Kier molecular flexibility index (Phi) is 6.57. The summed E-state index contributed by atoms with van der Waals surface area (Å²) in [5.41, 5.74) is 1.49. The van der Waals surface area contributed by atoms with E-state index in [2.05, 4.69) is 4.98 Å². The third-order valence-electron chi connectivity index (χ3n) is 3.95. The number of carbonyl (C=O) groups excluding carboxylic acids is 1. The van der Waals surface area contributed by atoms with Gasteiger partial charge in [0.05, 0.1) is 19.1 Å². The van der Waals surface area contributed by atoms with E-state index in [-0.39, 0.29) is 12.5 Å². The maximum Gasteiger partial charge on any atom is 0.243 e. The van der Waals surface area contributed by atoms with Gasteiger partial charge in [0.25, 0.3) is 0 Å². The number of benzene rings is 1. The van der Waals surface area contributed by atoms with E-state index >= 15 is 0 Å². The lowest BCUT2D eigenvalue weighted by atomic mass is 10.2. The molecule has 0 aliphatic rings. The van der Waals surface area contributed by atoms with Crippen molar-refractivity contribution in [1.29, 1.82) is 0 Å². The number of aromatic nitrogens is 1. The van der Waals surface area contributed by atoms with Gasteiger partial charge in [-0.25, -0.2) is 8.42 Å². The van der Waals surface area contributed by atoms with Crippen molar-refractivity contribution in [2.75, 3.05) is 37.8 Å². The number of sulfonamides is 1. The molecule has 0 bridgehead atoms. The summed E-state index contributed by atoms with van der Waals surface area (Å²) < 4.78 is 30.5. The Balaban J connectivity index is 2.06. The maximum atomic E-state index is 12.5. The number of methoxy groups -OCH3 is 1. The number of pyridine rings is 1. The van der Waals surface area contributed by atoms with E-state index in [1.54, 1.807) is 43.7 Å². The van der Waals surface area contributed by atoms with Gasteiger partial charge in [-0.1, -0.05) is 0 Å². The zero-order valence-corrected chi connectivity index (χ0v) is 15.9. The Bertz CT molecular complexity index is 823. The molecule has 1 amide bonds. The van der Waals surface area contributed by atoms with Crippen LogP contribution in [-0.4, -0.2) is 57.7 Å². The van der Waals surface area contributed by atoms with Crippen LogP contribution in [-0.2, 0) is 21.2 Å². The van der Waals surface area contributed by atoms with Crippen LogP contribution in [0, 0.1) is 0 Å². The highest BCUT2D eigenvalue weighted by Gasteiger charge is 2.22. The van der Waals surface area contributed by atoms with Gasteiger partial charge in [-0.3, -0.25) is 14.1 Å². The molecule has 0 saturated heterocycles. The number of ether oxygens (including phenoxy) is 1. The molecule has 0 unspecified atom stereocenters. The van der Waals surface area contributed by atoms with E-state index < -0.39 is 10.0 Å². The highest BCUT2D eigenvalue weighted by molar-refractivity contribution is 7.92. The zero-order valence-electron chi connectivity index (χ0n) is 15.1. The fourth-order valence-electron chi connectivity index (χ4n) is 2.36. The fraction of sp³-hybridized carbons (Fsp3) is 0.333. The first-order valence-corrected chi connectivity index (χ1v) is 9.90. The third kappa shape index (κ3) is 5.45. The van der Waals surface area contributed by atoms with Crippen molar-refractivity contribution in [1.82, 2.24) is 9.88 Å². The van der Waals surface area contributed by atoms with Gasteiger partial charge < -0.3 is 9.64 Å². The molecule has 1 aromatic carbocycles. The summed E-state index contributed by atoms with van der Waals surface area (Å²) in [5.74, 6) is 0.336. The van der Waals surface area contributed by atoms with Gasteiger partial charge in [0.1, 0.15) is 12.3 Å². The van der Waals surface area contributed by atoms with Crippen LogP contribution in [0.5, 0.6) is 5.75 Å². The largest absolute Gasteiger partial charge is 0.497 e. The molecule has 1 heterocycles. The van der Waals surface area contributed by atoms with Gasteiger partial charge in [0.2, 0.25) is 15.9 Å². The van der Waals surface area contributed by atoms with Crippen LogP contribution < -0.4 is 9.04 Å². The molecule has 0 radical (unpaired) electrons. The summed E-state index contributed by atoms with van der Waals surface area (Å²) in [6, 6.07) is 10.3. The van der Waals surface area contributed by atoms with Crippen molar-refractivity contribution >= 4 is 21.6 Å². The molecular formula is C18H23N3O4S. The van der Waals surface area contributed by atoms with E-state index in [1.165, 1.54) is 12.0 Å². The first-order valence-electron chi connectivity index (χ1n) is 8.06. The predicted octanol–water partition coefficient (Wildman–Crippen LogP) is 1.56. The van der Waals surface area contributed by atoms with Crippen LogP contribution in [0.25, 0.3) is 0 Å². The van der Waals surface area contributed by atoms with E-state index in [4.69, 9.17) is 4.74 Å². The number of hydrogen-bond acceptors (Lipinski definition) is 5. The van der Waals surface area contributed by atoms with E-state index in [1.807, 2.05) is 12.1 Å². The SMILES string of the molecule is COc1ccc(N(CC(=O)N(C)CCc2ccncc2)S(C)(=O)=O)cc1. The van der Waals surface area contributed by atoms with Gasteiger partial charge in [-0.05, 0) is 48.4 Å². The molecule has 0 aliphatic heterocycles. The highest BCUT2D eigenvalue weighted by atomic mass is 32.2. The summed E-state index contributed by atoms with van der Waals surface area (Å²) >= 11 is 0. The minimum Gasteiger partial charge on any atom is -0.497 e. The number of nitrogens with zero attached hydrogens (tertiary/aromatic N) is 3. The Labute approximate surface area is 154 Å². The standard InChI is InChI=1S/C18H23N3O4S/c1-20(13-10-15-8-11-19-12-9-15)18(22)14-21(26(3,23)24)16-4-6-17(25-2)7-5-16/h4-9,11-12H,10,13-14H2,1-3H3. The molecule has 8 heteroatoms. The van der Waals surface area contributed by atoms with Crippen molar-refractivity contribution in [2.45, 2.75) is 6.42 Å². The molecule has 26 heavy (non-hydrogen) atoms. The van der Waals surface area contributed by atoms with Crippen molar-refractivity contribution < 1.29 is 17.9 Å². The molecule has 7 nitrogen and oxygen atoms in total. The number of amides is 1. The molecular weight excluding hydrogens is 354 g/mol. The first kappa shape index (κ1) is 19.7. The predicted molar refractivity (Wildman–Crippen MR) is 101 cm³/mol. The molecule has 1 aromatic heterocycles. The molecule has 140 valence electrons. The highest BCUT2D eigenvalue weighted by Crippen LogP contribution is 2.21. The quantitative estimate of drug-likeness (QED) is 0.697. The lowest BCUT2D eigenvalue weighted by Crippen LogP contribution is -2.41. The lowest BCUT2D eigenvalue weighted by molar-refractivity contribution is -0.128. The average molecular weight is 377 g/mol. The Morgan fingerprint density at radius 1 is 1.12 bits per heavy atom. The van der Waals surface area contributed by atoms with Crippen LogP contribution in [0.1, 0.15) is 5.56 Å². The van der Waals surface area contributed by atoms with Gasteiger partial charge in [-0.15, -0.1) is 0 Å². The Morgan fingerprint density at radius 3 is 2.27 bits per heavy atom. The number of hydrogen-bond donors (Lipinski definition) is 0. The second-order valence-electron chi connectivity index (χ2n) is 5.89. The van der Waals surface area contributed by atoms with E-state index in [0.717, 1.165) is 16.1 Å². The first-order chi connectivity index (χ1) is 12.3. The molecule has 0 N–H and O–H groups in total. The van der Waals surface area contributed by atoms with Gasteiger partial charge in [-0.2, -0.15) is 0 Å². The maximum absolute atomic E-state index is 12.5. The van der Waals surface area contributed by atoms with Crippen molar-refractivity contribution in [2.24, 2.45) is 0 Å². The second kappa shape index (κ2) is 8.66.